The molecular formula is C6H4Br2N. The van der Waals surface area contributed by atoms with Gasteiger partial charge in [-0.05, 0) is 6.07 Å². The molecule has 1 nitrogen and oxygen atoms in total. The molecule has 0 N–H and O–H groups in total. The van der Waals surface area contributed by atoms with Crippen molar-refractivity contribution in [3.63, 3.8) is 0 Å². The van der Waals surface area contributed by atoms with E-state index in [0.717, 1.165) is 5.69 Å². The van der Waals surface area contributed by atoms with E-state index >= 15 is 0 Å². The van der Waals surface area contributed by atoms with E-state index in [2.05, 4.69) is 42.9 Å². The fraction of sp³-hybridized carbons (Fsp3) is 0.167. The lowest BCUT2D eigenvalue weighted by Gasteiger charge is -1.96. The van der Waals surface area contributed by atoms with Crippen molar-refractivity contribution in [3.05, 3.63) is 30.1 Å². The van der Waals surface area contributed by atoms with Crippen molar-refractivity contribution in [1.29, 1.82) is 0 Å². The molecule has 1 aromatic heterocycles. The van der Waals surface area contributed by atoms with Gasteiger partial charge < -0.3 is 0 Å². The number of alkyl halides is 2. The maximum atomic E-state index is 4.03. The Morgan fingerprint density at radius 3 is 2.67 bits per heavy atom. The fourth-order valence-corrected chi connectivity index (χ4v) is 0.957. The third-order valence-electron chi connectivity index (χ3n) is 0.834. The van der Waals surface area contributed by atoms with Crippen LogP contribution in [-0.4, -0.2) is 4.98 Å². The van der Waals surface area contributed by atoms with Crippen LogP contribution >= 0.6 is 31.9 Å². The van der Waals surface area contributed by atoms with Crippen molar-refractivity contribution in [2.24, 2.45) is 0 Å². The molecule has 47 valence electrons. The average molecular weight is 250 g/mol. The van der Waals surface area contributed by atoms with Crippen LogP contribution in [0.2, 0.25) is 0 Å². The Hall–Kier alpha value is 0.110. The van der Waals surface area contributed by atoms with Gasteiger partial charge in [-0.2, -0.15) is 0 Å². The highest BCUT2D eigenvalue weighted by Gasteiger charge is 2.00. The SMILES string of the molecule is BrC(Br)c1[c]cccn1. The van der Waals surface area contributed by atoms with E-state index in [0.29, 0.717) is 0 Å². The van der Waals surface area contributed by atoms with Crippen LogP contribution in [0.3, 0.4) is 0 Å². The number of aromatic nitrogens is 1. The minimum absolute atomic E-state index is 0.117. The number of halogens is 2. The van der Waals surface area contributed by atoms with Gasteiger partial charge in [0.15, 0.2) is 0 Å². The number of hydrogen-bond donors (Lipinski definition) is 0. The first-order valence-corrected chi connectivity index (χ1v) is 4.24. The molecule has 0 fully saturated rings. The summed E-state index contributed by atoms with van der Waals surface area (Å²) in [5, 5.41) is 0. The first-order valence-electron chi connectivity index (χ1n) is 2.41. The lowest BCUT2D eigenvalue weighted by atomic mass is 10.4. The molecule has 3 heteroatoms. The third-order valence-corrected chi connectivity index (χ3v) is 1.70. The van der Waals surface area contributed by atoms with Crippen LogP contribution in [-0.2, 0) is 0 Å². The maximum absolute atomic E-state index is 4.03. The molecule has 0 saturated carbocycles. The van der Waals surface area contributed by atoms with Crippen molar-refractivity contribution >= 4 is 31.9 Å². The Kier molecular flexibility index (Phi) is 2.66. The molecule has 9 heavy (non-hydrogen) atoms. The summed E-state index contributed by atoms with van der Waals surface area (Å²) in [6.07, 6.45) is 1.74. The van der Waals surface area contributed by atoms with Crippen molar-refractivity contribution in [3.8, 4) is 0 Å². The highest BCUT2D eigenvalue weighted by atomic mass is 79.9. The Bertz CT molecular complexity index is 174. The van der Waals surface area contributed by atoms with Gasteiger partial charge in [-0.15, -0.1) is 0 Å². The molecule has 0 aliphatic rings. The molecule has 1 radical (unpaired) electrons. The van der Waals surface area contributed by atoms with Crippen LogP contribution in [0.4, 0.5) is 0 Å². The van der Waals surface area contributed by atoms with Gasteiger partial charge in [-0.25, -0.2) is 0 Å². The van der Waals surface area contributed by atoms with E-state index in [-0.39, 0.29) is 3.74 Å². The second kappa shape index (κ2) is 3.32. The lowest BCUT2D eigenvalue weighted by molar-refractivity contribution is 1.17. The normalized spacial score (nSPS) is 10.1. The average Bonchev–Trinajstić information content (AvgIpc) is 1.90. The molecule has 0 spiro atoms. The summed E-state index contributed by atoms with van der Waals surface area (Å²) in [7, 11) is 0. The molecule has 0 aliphatic carbocycles. The first-order chi connectivity index (χ1) is 4.30. The van der Waals surface area contributed by atoms with Crippen molar-refractivity contribution in [2.75, 3.05) is 0 Å². The molecular weight excluding hydrogens is 246 g/mol. The lowest BCUT2D eigenvalue weighted by Crippen LogP contribution is -1.83. The summed E-state index contributed by atoms with van der Waals surface area (Å²) >= 11 is 6.61. The van der Waals surface area contributed by atoms with Gasteiger partial charge in [-0.3, -0.25) is 4.98 Å². The predicted octanol–water partition coefficient (Wildman–Crippen LogP) is 2.67. The molecule has 1 heterocycles. The van der Waals surface area contributed by atoms with Crippen LogP contribution in [0, 0.1) is 6.07 Å². The van der Waals surface area contributed by atoms with E-state index in [9.17, 15) is 0 Å². The Balaban J connectivity index is 2.85. The molecule has 0 amide bonds. The van der Waals surface area contributed by atoms with Crippen LogP contribution in [0.5, 0.6) is 0 Å². The smallest absolute Gasteiger partial charge is 0.112 e. The summed E-state index contributed by atoms with van der Waals surface area (Å²) in [6.45, 7) is 0. The standard InChI is InChI=1S/C6H4Br2N/c7-6(8)5-3-1-2-4-9-5/h1-2,4,6H. The summed E-state index contributed by atoms with van der Waals surface area (Å²) < 4.78 is 0.117. The number of pyridine rings is 1. The minimum Gasteiger partial charge on any atom is -0.259 e. The van der Waals surface area contributed by atoms with Crippen molar-refractivity contribution in [1.82, 2.24) is 4.98 Å². The van der Waals surface area contributed by atoms with Crippen molar-refractivity contribution < 1.29 is 0 Å². The van der Waals surface area contributed by atoms with Gasteiger partial charge in [0, 0.05) is 12.3 Å². The van der Waals surface area contributed by atoms with Gasteiger partial charge in [-0.1, -0.05) is 37.9 Å². The van der Waals surface area contributed by atoms with Crippen LogP contribution in [0.1, 0.15) is 9.43 Å². The third kappa shape index (κ3) is 2.06. The van der Waals surface area contributed by atoms with Gasteiger partial charge in [0.1, 0.15) is 3.74 Å². The number of rotatable bonds is 1. The summed E-state index contributed by atoms with van der Waals surface area (Å²) in [6, 6.07) is 6.63. The largest absolute Gasteiger partial charge is 0.259 e. The zero-order chi connectivity index (χ0) is 6.69. The van der Waals surface area contributed by atoms with E-state index in [1.807, 2.05) is 12.1 Å². The van der Waals surface area contributed by atoms with E-state index in [4.69, 9.17) is 0 Å². The molecule has 0 atom stereocenters. The Morgan fingerprint density at radius 1 is 1.56 bits per heavy atom. The molecule has 0 saturated heterocycles. The summed E-state index contributed by atoms with van der Waals surface area (Å²) in [4.78, 5) is 4.03. The van der Waals surface area contributed by atoms with E-state index in [1.54, 1.807) is 6.20 Å². The van der Waals surface area contributed by atoms with Gasteiger partial charge in [0.25, 0.3) is 0 Å². The maximum Gasteiger partial charge on any atom is 0.112 e. The fourth-order valence-electron chi connectivity index (χ4n) is 0.456. The summed E-state index contributed by atoms with van der Waals surface area (Å²) in [5.41, 5.74) is 0.873. The second-order valence-corrected chi connectivity index (χ2v) is 4.53. The van der Waals surface area contributed by atoms with E-state index in [1.165, 1.54) is 0 Å². The second-order valence-electron chi connectivity index (χ2n) is 1.47. The van der Waals surface area contributed by atoms with Crippen LogP contribution < -0.4 is 0 Å². The predicted molar refractivity (Wildman–Crippen MR) is 43.7 cm³/mol. The Morgan fingerprint density at radius 2 is 2.33 bits per heavy atom. The van der Waals surface area contributed by atoms with Gasteiger partial charge in [0.05, 0.1) is 5.69 Å². The topological polar surface area (TPSA) is 12.9 Å². The first kappa shape index (κ1) is 7.22. The molecule has 1 rings (SSSR count). The van der Waals surface area contributed by atoms with Gasteiger partial charge in [0.2, 0.25) is 0 Å². The number of hydrogen-bond acceptors (Lipinski definition) is 1. The van der Waals surface area contributed by atoms with Crippen LogP contribution in [0.15, 0.2) is 18.3 Å². The zero-order valence-electron chi connectivity index (χ0n) is 4.51. The highest BCUT2D eigenvalue weighted by Crippen LogP contribution is 2.25. The van der Waals surface area contributed by atoms with Gasteiger partial charge >= 0.3 is 0 Å². The quantitative estimate of drug-likeness (QED) is 0.698. The zero-order valence-corrected chi connectivity index (χ0v) is 7.68. The highest BCUT2D eigenvalue weighted by molar-refractivity contribution is 9.24. The molecule has 1 aromatic rings. The monoisotopic (exact) mass is 248 g/mol. The summed E-state index contributed by atoms with van der Waals surface area (Å²) in [5.74, 6) is 0. The van der Waals surface area contributed by atoms with Crippen molar-refractivity contribution in [2.45, 2.75) is 3.74 Å². The molecule has 0 aromatic carbocycles. The van der Waals surface area contributed by atoms with E-state index < -0.39 is 0 Å². The van der Waals surface area contributed by atoms with Crippen LogP contribution in [0.25, 0.3) is 0 Å². The molecule has 0 aliphatic heterocycles. The molecule has 0 bridgehead atoms. The Labute approximate surface area is 70.8 Å². The number of nitrogens with zero attached hydrogens (tertiary/aromatic N) is 1. The minimum atomic E-state index is 0.117. The molecule has 0 unspecified atom stereocenters.